The Morgan fingerprint density at radius 3 is 2.51 bits per heavy atom. The number of amides is 3. The molecule has 2 N–H and O–H groups in total. The van der Waals surface area contributed by atoms with E-state index in [2.05, 4.69) is 34.6 Å². The van der Waals surface area contributed by atoms with Crippen LogP contribution < -0.4 is 15.4 Å². The van der Waals surface area contributed by atoms with Crippen LogP contribution in [0.3, 0.4) is 0 Å². The SMILES string of the molecule is CC(C)Cc1noc([C@H]2CCCN2C(=O)[C@@H](CC(C)C)NC(=O)c2ccccc2OCC(=O)NC(C)(C)C)n1. The van der Waals surface area contributed by atoms with Gasteiger partial charge in [0.05, 0.1) is 5.56 Å². The molecule has 10 nitrogen and oxygen atoms in total. The summed E-state index contributed by atoms with van der Waals surface area (Å²) in [5.41, 5.74) is -0.136. The molecular weight excluding hydrogens is 498 g/mol. The first-order valence-corrected chi connectivity index (χ1v) is 13.8. The summed E-state index contributed by atoms with van der Waals surface area (Å²) in [5.74, 6) is 1.01. The third-order valence-electron chi connectivity index (χ3n) is 6.21. The summed E-state index contributed by atoms with van der Waals surface area (Å²) in [6.07, 6.45) is 2.71. The number of para-hydroxylation sites is 1. The number of nitrogens with one attached hydrogen (secondary N) is 2. The van der Waals surface area contributed by atoms with Gasteiger partial charge in [-0.3, -0.25) is 14.4 Å². The number of nitrogens with zero attached hydrogens (tertiary/aromatic N) is 3. The van der Waals surface area contributed by atoms with Crippen LogP contribution in [0.2, 0.25) is 0 Å². The standard InChI is InChI=1S/C29H43N5O5/c1-18(2)15-21(28(37)34-14-10-12-22(34)27-31-24(33-39-27)16-19(3)4)30-26(36)20-11-8-9-13-23(20)38-17-25(35)32-29(5,6)7/h8-9,11,13,18-19,21-22H,10,12,14-17H2,1-7H3,(H,30,36)(H,32,35)/t21-,22-/m1/s1. The Morgan fingerprint density at radius 1 is 1.13 bits per heavy atom. The summed E-state index contributed by atoms with van der Waals surface area (Å²) in [4.78, 5) is 45.7. The van der Waals surface area contributed by atoms with Crippen LogP contribution in [0, 0.1) is 11.8 Å². The van der Waals surface area contributed by atoms with Gasteiger partial charge in [0.15, 0.2) is 12.4 Å². The van der Waals surface area contributed by atoms with Crippen molar-refractivity contribution in [1.82, 2.24) is 25.7 Å². The van der Waals surface area contributed by atoms with Gasteiger partial charge in [-0.15, -0.1) is 0 Å². The van der Waals surface area contributed by atoms with Crippen LogP contribution in [0.15, 0.2) is 28.8 Å². The van der Waals surface area contributed by atoms with E-state index >= 15 is 0 Å². The van der Waals surface area contributed by atoms with E-state index in [1.54, 1.807) is 29.2 Å². The van der Waals surface area contributed by atoms with E-state index in [4.69, 9.17) is 9.26 Å². The Morgan fingerprint density at radius 2 is 1.85 bits per heavy atom. The Bertz CT molecular complexity index is 1140. The summed E-state index contributed by atoms with van der Waals surface area (Å²) in [5, 5.41) is 9.87. The molecule has 2 heterocycles. The maximum Gasteiger partial charge on any atom is 0.258 e. The van der Waals surface area contributed by atoms with Crippen LogP contribution in [0.4, 0.5) is 0 Å². The van der Waals surface area contributed by atoms with E-state index in [9.17, 15) is 14.4 Å². The molecule has 1 aliphatic heterocycles. The Labute approximate surface area is 231 Å². The summed E-state index contributed by atoms with van der Waals surface area (Å²) in [6.45, 7) is 14.2. The quantitative estimate of drug-likeness (QED) is 0.439. The molecule has 3 rings (SSSR count). The zero-order valence-corrected chi connectivity index (χ0v) is 24.2. The lowest BCUT2D eigenvalue weighted by Crippen LogP contribution is -2.49. The zero-order valence-electron chi connectivity index (χ0n) is 24.2. The highest BCUT2D eigenvalue weighted by atomic mass is 16.5. The summed E-state index contributed by atoms with van der Waals surface area (Å²) in [7, 11) is 0. The molecule has 10 heteroatoms. The summed E-state index contributed by atoms with van der Waals surface area (Å²) < 4.78 is 11.2. The second-order valence-corrected chi connectivity index (χ2v) is 12.1. The van der Waals surface area contributed by atoms with Crippen LogP contribution in [0.25, 0.3) is 0 Å². The van der Waals surface area contributed by atoms with Gasteiger partial charge in [-0.2, -0.15) is 4.98 Å². The topological polar surface area (TPSA) is 127 Å². The largest absolute Gasteiger partial charge is 0.483 e. The van der Waals surface area contributed by atoms with Crippen molar-refractivity contribution in [2.45, 2.75) is 91.8 Å². The number of rotatable bonds is 11. The highest BCUT2D eigenvalue weighted by Crippen LogP contribution is 2.32. The molecule has 3 amide bonds. The average Bonchev–Trinajstić information content (AvgIpc) is 3.49. The van der Waals surface area contributed by atoms with Crippen molar-refractivity contribution >= 4 is 17.7 Å². The van der Waals surface area contributed by atoms with Gasteiger partial charge < -0.3 is 24.8 Å². The zero-order chi connectivity index (χ0) is 28.7. The molecule has 1 fully saturated rings. The molecule has 0 radical (unpaired) electrons. The number of hydrogen-bond donors (Lipinski definition) is 2. The molecule has 2 atom stereocenters. The van der Waals surface area contributed by atoms with Gasteiger partial charge in [-0.25, -0.2) is 0 Å². The molecule has 0 spiro atoms. The average molecular weight is 542 g/mol. The van der Waals surface area contributed by atoms with Gasteiger partial charge in [-0.1, -0.05) is 45.0 Å². The molecule has 0 saturated carbocycles. The van der Waals surface area contributed by atoms with Crippen molar-refractivity contribution in [2.75, 3.05) is 13.2 Å². The Hall–Kier alpha value is -3.43. The number of benzene rings is 1. The maximum atomic E-state index is 13.8. The number of ether oxygens (including phenoxy) is 1. The molecule has 1 aromatic carbocycles. The van der Waals surface area contributed by atoms with Gasteiger partial charge >= 0.3 is 0 Å². The van der Waals surface area contributed by atoms with Crippen LogP contribution >= 0.6 is 0 Å². The van der Waals surface area contributed by atoms with Crippen molar-refractivity contribution in [2.24, 2.45) is 11.8 Å². The first-order valence-electron chi connectivity index (χ1n) is 13.8. The van der Waals surface area contributed by atoms with E-state index in [1.165, 1.54) is 0 Å². The van der Waals surface area contributed by atoms with Crippen molar-refractivity contribution < 1.29 is 23.6 Å². The lowest BCUT2D eigenvalue weighted by molar-refractivity contribution is -0.135. The molecule has 0 unspecified atom stereocenters. The van der Waals surface area contributed by atoms with E-state index in [1.807, 2.05) is 34.6 Å². The van der Waals surface area contributed by atoms with Crippen molar-refractivity contribution in [3.63, 3.8) is 0 Å². The van der Waals surface area contributed by atoms with Crippen LogP contribution in [-0.2, 0) is 16.0 Å². The minimum Gasteiger partial charge on any atom is -0.483 e. The molecule has 2 aromatic rings. The predicted octanol–water partition coefficient (Wildman–Crippen LogP) is 4.07. The first-order chi connectivity index (χ1) is 18.3. The second kappa shape index (κ2) is 13.1. The fourth-order valence-corrected chi connectivity index (χ4v) is 4.64. The van der Waals surface area contributed by atoms with Crippen molar-refractivity contribution in [3.05, 3.63) is 41.5 Å². The molecule has 1 aliphatic rings. The minimum atomic E-state index is -0.742. The summed E-state index contributed by atoms with van der Waals surface area (Å²) >= 11 is 0. The molecule has 1 saturated heterocycles. The normalized spacial score (nSPS) is 16.4. The summed E-state index contributed by atoms with van der Waals surface area (Å²) in [6, 6.07) is 5.66. The van der Waals surface area contributed by atoms with Gasteiger partial charge in [-0.05, 0) is 64.0 Å². The molecule has 0 bridgehead atoms. The van der Waals surface area contributed by atoms with Crippen molar-refractivity contribution in [1.29, 1.82) is 0 Å². The number of carbonyl (C=O) groups excluding carboxylic acids is 3. The molecule has 214 valence electrons. The van der Waals surface area contributed by atoms with E-state index in [0.29, 0.717) is 37.0 Å². The smallest absolute Gasteiger partial charge is 0.258 e. The molecular formula is C29H43N5O5. The Balaban J connectivity index is 1.74. The lowest BCUT2D eigenvalue weighted by atomic mass is 10.0. The van der Waals surface area contributed by atoms with Gasteiger partial charge in [0, 0.05) is 18.5 Å². The molecule has 39 heavy (non-hydrogen) atoms. The fourth-order valence-electron chi connectivity index (χ4n) is 4.64. The van der Waals surface area contributed by atoms with Gasteiger partial charge in [0.1, 0.15) is 17.8 Å². The lowest BCUT2D eigenvalue weighted by Gasteiger charge is -2.28. The van der Waals surface area contributed by atoms with E-state index < -0.39 is 17.5 Å². The van der Waals surface area contributed by atoms with E-state index in [-0.39, 0.29) is 41.7 Å². The van der Waals surface area contributed by atoms with Crippen LogP contribution in [-0.4, -0.2) is 57.5 Å². The predicted molar refractivity (Wildman–Crippen MR) is 147 cm³/mol. The second-order valence-electron chi connectivity index (χ2n) is 12.1. The highest BCUT2D eigenvalue weighted by molar-refractivity contribution is 5.99. The number of likely N-dealkylation sites (tertiary alicyclic amines) is 1. The van der Waals surface area contributed by atoms with E-state index in [0.717, 1.165) is 12.8 Å². The number of aromatic nitrogens is 2. The van der Waals surface area contributed by atoms with Crippen LogP contribution in [0.5, 0.6) is 5.75 Å². The molecule has 0 aliphatic carbocycles. The minimum absolute atomic E-state index is 0.161. The number of hydrogen-bond acceptors (Lipinski definition) is 7. The first kappa shape index (κ1) is 30.1. The van der Waals surface area contributed by atoms with Crippen LogP contribution in [0.1, 0.15) is 95.8 Å². The third-order valence-corrected chi connectivity index (χ3v) is 6.21. The number of carbonyl (C=O) groups is 3. The highest BCUT2D eigenvalue weighted by Gasteiger charge is 2.38. The fraction of sp³-hybridized carbons (Fsp3) is 0.621. The maximum absolute atomic E-state index is 13.8. The Kier molecular flexibility index (Phi) is 10.1. The monoisotopic (exact) mass is 541 g/mol. The molecule has 1 aromatic heterocycles. The third kappa shape index (κ3) is 8.80. The van der Waals surface area contributed by atoms with Gasteiger partial charge in [0.2, 0.25) is 11.8 Å². The van der Waals surface area contributed by atoms with Gasteiger partial charge in [0.25, 0.3) is 11.8 Å². The van der Waals surface area contributed by atoms with Crippen molar-refractivity contribution in [3.8, 4) is 5.75 Å².